The molecule has 1 aliphatic heterocycles. The zero-order valence-corrected chi connectivity index (χ0v) is 29.2. The number of halogens is 1. The first-order valence-electron chi connectivity index (χ1n) is 14.2. The van der Waals surface area contributed by atoms with Crippen molar-refractivity contribution in [3.8, 4) is 11.8 Å². The molecule has 0 atom stereocenters. The van der Waals surface area contributed by atoms with Gasteiger partial charge in [0.15, 0.2) is 0 Å². The molecule has 0 bridgehead atoms. The average Bonchev–Trinajstić information content (AvgIpc) is 3.30. The lowest BCUT2D eigenvalue weighted by Crippen LogP contribution is -2.36. The predicted molar refractivity (Wildman–Crippen MR) is 179 cm³/mol. The second kappa shape index (κ2) is 16.3. The highest BCUT2D eigenvalue weighted by Crippen LogP contribution is 2.30. The largest absolute Gasteiger partial charge is 0.481 e. The number of amides is 4. The Morgan fingerprint density at radius 2 is 1.53 bits per heavy atom. The molecule has 0 spiro atoms. The maximum absolute atomic E-state index is 12.3. The van der Waals surface area contributed by atoms with Crippen molar-refractivity contribution in [2.45, 2.75) is 17.3 Å². The normalized spacial score (nSPS) is 12.8. The molecule has 5 rings (SSSR count). The number of anilines is 1. The molecular weight excluding hydrogens is 734 g/mol. The lowest BCUT2D eigenvalue weighted by molar-refractivity contribution is 0.0599. The minimum absolute atomic E-state index is 0.0489. The maximum atomic E-state index is 12.3. The smallest absolute Gasteiger partial charge is 0.431 e. The summed E-state index contributed by atoms with van der Waals surface area (Å²) in [5.41, 5.74) is 0.783. The van der Waals surface area contributed by atoms with E-state index in [0.717, 1.165) is 0 Å². The zero-order valence-electron chi connectivity index (χ0n) is 26.9. The van der Waals surface area contributed by atoms with E-state index in [4.69, 9.17) is 25.8 Å². The number of imide groups is 1. The summed E-state index contributed by atoms with van der Waals surface area (Å²) in [6.07, 6.45) is -1.24. The van der Waals surface area contributed by atoms with Gasteiger partial charge in [0, 0.05) is 5.02 Å². The maximum Gasteiger partial charge on any atom is 0.431 e. The predicted octanol–water partition coefficient (Wildman–Crippen LogP) is 3.75. The first-order valence-corrected chi connectivity index (χ1v) is 17.7. The van der Waals surface area contributed by atoms with Crippen LogP contribution in [0.1, 0.15) is 31.8 Å². The van der Waals surface area contributed by atoms with E-state index in [1.54, 1.807) is 36.4 Å². The van der Waals surface area contributed by atoms with Crippen LogP contribution in [0.4, 0.5) is 15.5 Å². The number of sulfonamides is 2. The molecule has 0 saturated heterocycles. The number of rotatable bonds is 9. The van der Waals surface area contributed by atoms with E-state index in [-0.39, 0.29) is 50.2 Å². The van der Waals surface area contributed by atoms with E-state index in [0.29, 0.717) is 10.6 Å². The van der Waals surface area contributed by atoms with Gasteiger partial charge >= 0.3 is 18.1 Å². The van der Waals surface area contributed by atoms with Gasteiger partial charge in [-0.2, -0.15) is 9.97 Å². The molecule has 2 heterocycles. The van der Waals surface area contributed by atoms with Crippen molar-refractivity contribution in [1.82, 2.24) is 19.0 Å². The van der Waals surface area contributed by atoms with E-state index < -0.39 is 49.8 Å². The third-order valence-electron chi connectivity index (χ3n) is 6.58. The molecule has 1 aromatic heterocycles. The van der Waals surface area contributed by atoms with Crippen molar-refractivity contribution < 1.29 is 55.0 Å². The Morgan fingerprint density at radius 1 is 0.882 bits per heavy atom. The van der Waals surface area contributed by atoms with Crippen LogP contribution < -0.4 is 19.5 Å². The Kier molecular flexibility index (Phi) is 12.1. The third kappa shape index (κ3) is 9.47. The van der Waals surface area contributed by atoms with Crippen molar-refractivity contribution in [3.63, 3.8) is 0 Å². The van der Waals surface area contributed by atoms with Gasteiger partial charge in [-0.25, -0.2) is 35.9 Å². The van der Waals surface area contributed by atoms with E-state index in [9.17, 15) is 36.0 Å². The van der Waals surface area contributed by atoms with Crippen LogP contribution in [0, 0.1) is 0 Å². The summed E-state index contributed by atoms with van der Waals surface area (Å²) >= 11 is 5.82. The quantitative estimate of drug-likeness (QED) is 0.232. The van der Waals surface area contributed by atoms with E-state index in [1.165, 1.54) is 63.8 Å². The van der Waals surface area contributed by atoms with Crippen LogP contribution in [0.15, 0.2) is 83.8 Å². The molecule has 0 radical (unpaired) electrons. The number of urea groups is 1. The molecule has 1 aliphatic rings. The number of carbonyl (C=O) groups is 4. The standard InChI is InChI=1S/C16H18N4O7S.C15H10ClNO5S/c1-25-12-8-13(26-2)18-15(17-12)19-16(22)20-28(23,24)9-10-6-4-5-7-11(10)14(21)27-3;16-11-5-3-4-10(8-11)9-22-15(19)17-14(18)12-6-1-2-7-13(12)23(17,20)21/h4-8H,9H2,1-3H3,(H2,17,18,19,20,22);1-8H,9H2. The molecule has 51 heavy (non-hydrogen) atoms. The fourth-order valence-corrected chi connectivity index (χ4v) is 7.06. The summed E-state index contributed by atoms with van der Waals surface area (Å²) in [7, 11) is -4.47. The molecule has 0 aliphatic carbocycles. The fraction of sp³-hybridized carbons (Fsp3) is 0.161. The number of hydrogen-bond donors (Lipinski definition) is 2. The van der Waals surface area contributed by atoms with Crippen molar-refractivity contribution in [2.75, 3.05) is 26.6 Å². The van der Waals surface area contributed by atoms with Gasteiger partial charge < -0.3 is 18.9 Å². The van der Waals surface area contributed by atoms with Crippen LogP contribution >= 0.6 is 11.6 Å². The van der Waals surface area contributed by atoms with Gasteiger partial charge in [0.2, 0.25) is 27.7 Å². The molecule has 4 amide bonds. The van der Waals surface area contributed by atoms with Gasteiger partial charge in [0.25, 0.3) is 15.9 Å². The monoisotopic (exact) mass is 761 g/mol. The summed E-state index contributed by atoms with van der Waals surface area (Å²) in [6, 6.07) is 18.4. The minimum atomic E-state index is -4.22. The number of aromatic nitrogens is 2. The van der Waals surface area contributed by atoms with Gasteiger partial charge in [-0.05, 0) is 41.5 Å². The number of hydrogen-bond acceptors (Lipinski definition) is 14. The second-order valence-corrected chi connectivity index (χ2v) is 13.9. The van der Waals surface area contributed by atoms with Crippen LogP contribution in [0.2, 0.25) is 5.02 Å². The number of carbonyl (C=O) groups excluding carboxylic acids is 4. The minimum Gasteiger partial charge on any atom is -0.481 e. The lowest BCUT2D eigenvalue weighted by atomic mass is 10.1. The molecule has 20 heteroatoms. The molecule has 3 aromatic carbocycles. The highest BCUT2D eigenvalue weighted by Gasteiger charge is 2.46. The Balaban J connectivity index is 0.000000233. The Hall–Kier alpha value is -5.79. The molecule has 0 fully saturated rings. The Labute approximate surface area is 296 Å². The Bertz CT molecular complexity index is 2180. The molecule has 268 valence electrons. The highest BCUT2D eigenvalue weighted by molar-refractivity contribution is 7.91. The van der Waals surface area contributed by atoms with Crippen LogP contribution in [-0.4, -0.2) is 76.4 Å². The number of ether oxygens (including phenoxy) is 4. The number of nitrogens with zero attached hydrogens (tertiary/aromatic N) is 3. The van der Waals surface area contributed by atoms with E-state index >= 15 is 0 Å². The summed E-state index contributed by atoms with van der Waals surface area (Å²) in [4.78, 5) is 55.5. The van der Waals surface area contributed by atoms with Crippen LogP contribution in [0.3, 0.4) is 0 Å². The van der Waals surface area contributed by atoms with Crippen LogP contribution in [-0.2, 0) is 41.9 Å². The van der Waals surface area contributed by atoms with Gasteiger partial charge in [0.1, 0.15) is 11.5 Å². The Morgan fingerprint density at radius 3 is 2.16 bits per heavy atom. The van der Waals surface area contributed by atoms with Crippen molar-refractivity contribution in [2.24, 2.45) is 0 Å². The van der Waals surface area contributed by atoms with Crippen molar-refractivity contribution in [1.29, 1.82) is 0 Å². The molecule has 4 aromatic rings. The van der Waals surface area contributed by atoms with Gasteiger partial charge in [-0.3, -0.25) is 10.1 Å². The summed E-state index contributed by atoms with van der Waals surface area (Å²) in [6.45, 7) is -0.199. The fourth-order valence-electron chi connectivity index (χ4n) is 4.33. The summed E-state index contributed by atoms with van der Waals surface area (Å²) < 4.78 is 70.6. The van der Waals surface area contributed by atoms with Gasteiger partial charge in [0.05, 0.1) is 44.3 Å². The van der Waals surface area contributed by atoms with Gasteiger partial charge in [-0.15, -0.1) is 4.31 Å². The highest BCUT2D eigenvalue weighted by atomic mass is 35.5. The third-order valence-corrected chi connectivity index (χ3v) is 9.71. The van der Waals surface area contributed by atoms with Crippen molar-refractivity contribution >= 4 is 61.6 Å². The lowest BCUT2D eigenvalue weighted by Gasteiger charge is -2.13. The van der Waals surface area contributed by atoms with Crippen LogP contribution in [0.25, 0.3) is 0 Å². The topological polar surface area (TPSA) is 227 Å². The van der Waals surface area contributed by atoms with E-state index in [2.05, 4.69) is 20.0 Å². The first-order chi connectivity index (χ1) is 24.2. The molecule has 0 unspecified atom stereocenters. The second-order valence-electron chi connectivity index (χ2n) is 10.00. The zero-order chi connectivity index (χ0) is 37.3. The summed E-state index contributed by atoms with van der Waals surface area (Å²) in [5.74, 6) is -2.23. The molecular formula is C31H28ClN5O12S2. The molecule has 2 N–H and O–H groups in total. The number of nitrogens with one attached hydrogen (secondary N) is 2. The van der Waals surface area contributed by atoms with Gasteiger partial charge in [-0.1, -0.05) is 54.1 Å². The molecule has 0 saturated carbocycles. The van der Waals surface area contributed by atoms with Crippen molar-refractivity contribution in [3.05, 3.63) is 106 Å². The van der Waals surface area contributed by atoms with Crippen LogP contribution in [0.5, 0.6) is 11.8 Å². The number of fused-ring (bicyclic) bond motifs is 1. The number of benzene rings is 3. The first kappa shape index (κ1) is 38.0. The SMILES string of the molecule is COC(=O)c1ccccc1CS(=O)(=O)NC(=O)Nc1nc(OC)cc(OC)n1.O=C(OCc1cccc(Cl)c1)N1C(=O)c2ccccc2S1(=O)=O. The molecule has 17 nitrogen and oxygen atoms in total. The average molecular weight is 762 g/mol. The van der Waals surface area contributed by atoms with E-state index in [1.807, 2.05) is 4.72 Å². The number of esters is 1. The summed E-state index contributed by atoms with van der Waals surface area (Å²) in [5, 5.41) is 2.63. The number of methoxy groups -OCH3 is 3.